The maximum atomic E-state index is 13.3. The molecule has 0 unspecified atom stereocenters. The topological polar surface area (TPSA) is 46.9 Å². The van der Waals surface area contributed by atoms with Crippen molar-refractivity contribution in [1.82, 2.24) is 15.1 Å². The third-order valence-electron chi connectivity index (χ3n) is 6.20. The zero-order valence-electron chi connectivity index (χ0n) is 17.1. The van der Waals surface area contributed by atoms with E-state index >= 15 is 0 Å². The second-order valence-electron chi connectivity index (χ2n) is 8.90. The van der Waals surface area contributed by atoms with Crippen LogP contribution in [0.5, 0.6) is 0 Å². The molecule has 1 aromatic heterocycles. The SMILES string of the molecule is CC(=O)NC(C)(C)C[C@H]1CCC2=C1[C@@H](C)c1cnn(-c3ccc(F)cc3)c1C2. The highest BCUT2D eigenvalue weighted by Crippen LogP contribution is 2.49. The van der Waals surface area contributed by atoms with Crippen molar-refractivity contribution >= 4 is 5.91 Å². The van der Waals surface area contributed by atoms with E-state index in [0.29, 0.717) is 11.8 Å². The molecule has 28 heavy (non-hydrogen) atoms. The largest absolute Gasteiger partial charge is 0.351 e. The van der Waals surface area contributed by atoms with E-state index in [4.69, 9.17) is 0 Å². The van der Waals surface area contributed by atoms with Crippen molar-refractivity contribution in [3.8, 4) is 5.69 Å². The molecule has 0 radical (unpaired) electrons. The number of benzene rings is 1. The standard InChI is InChI=1S/C23H28FN3O/c1-14-20-13-25-27(19-9-7-18(24)8-10-19)21(20)11-16-5-6-17(22(14)16)12-23(3,4)26-15(2)28/h7-10,13-14,17H,5-6,11-12H2,1-4H3,(H,26,28)/t14-,17+/m0/s1. The van der Waals surface area contributed by atoms with Crippen LogP contribution in [-0.2, 0) is 11.2 Å². The number of carbonyl (C=O) groups excluding carboxylic acids is 1. The maximum absolute atomic E-state index is 13.3. The first kappa shape index (κ1) is 18.9. The van der Waals surface area contributed by atoms with Gasteiger partial charge in [0.1, 0.15) is 5.82 Å². The quantitative estimate of drug-likeness (QED) is 0.782. The summed E-state index contributed by atoms with van der Waals surface area (Å²) in [7, 11) is 0. The lowest BCUT2D eigenvalue weighted by molar-refractivity contribution is -0.120. The van der Waals surface area contributed by atoms with Crippen molar-refractivity contribution in [1.29, 1.82) is 0 Å². The average molecular weight is 381 g/mol. The molecule has 0 spiro atoms. The summed E-state index contributed by atoms with van der Waals surface area (Å²) in [5.41, 5.74) is 6.25. The fraction of sp³-hybridized carbons (Fsp3) is 0.478. The van der Waals surface area contributed by atoms with Gasteiger partial charge in [0.15, 0.2) is 0 Å². The molecule has 2 aliphatic rings. The molecule has 1 aromatic carbocycles. The molecule has 0 saturated carbocycles. The summed E-state index contributed by atoms with van der Waals surface area (Å²) in [6, 6.07) is 6.53. The molecule has 0 bridgehead atoms. The van der Waals surface area contributed by atoms with Gasteiger partial charge < -0.3 is 5.32 Å². The number of halogens is 1. The normalized spacial score (nSPS) is 21.5. The number of nitrogens with one attached hydrogen (secondary N) is 1. The van der Waals surface area contributed by atoms with Crippen molar-refractivity contribution in [2.45, 2.75) is 64.8 Å². The third-order valence-corrected chi connectivity index (χ3v) is 6.20. The number of hydrogen-bond donors (Lipinski definition) is 1. The number of fused-ring (bicyclic) bond motifs is 1. The fourth-order valence-corrected chi connectivity index (χ4v) is 5.24. The summed E-state index contributed by atoms with van der Waals surface area (Å²) < 4.78 is 15.3. The van der Waals surface area contributed by atoms with Crippen molar-refractivity contribution in [3.05, 3.63) is 58.7 Å². The molecule has 0 aliphatic heterocycles. The van der Waals surface area contributed by atoms with Crippen LogP contribution < -0.4 is 5.32 Å². The number of rotatable bonds is 4. The van der Waals surface area contributed by atoms with Crippen molar-refractivity contribution in [2.24, 2.45) is 5.92 Å². The van der Waals surface area contributed by atoms with Gasteiger partial charge in [0, 0.05) is 30.4 Å². The minimum Gasteiger partial charge on any atom is -0.351 e. The van der Waals surface area contributed by atoms with Crippen LogP contribution in [0.3, 0.4) is 0 Å². The highest BCUT2D eigenvalue weighted by Gasteiger charge is 2.38. The number of hydrogen-bond acceptors (Lipinski definition) is 2. The van der Waals surface area contributed by atoms with Gasteiger partial charge in [-0.15, -0.1) is 0 Å². The van der Waals surface area contributed by atoms with Crippen LogP contribution in [0.2, 0.25) is 0 Å². The Morgan fingerprint density at radius 3 is 2.71 bits per heavy atom. The molecule has 1 N–H and O–H groups in total. The van der Waals surface area contributed by atoms with Crippen molar-refractivity contribution in [2.75, 3.05) is 0 Å². The fourth-order valence-electron chi connectivity index (χ4n) is 5.24. The lowest BCUT2D eigenvalue weighted by Crippen LogP contribution is -2.43. The number of carbonyl (C=O) groups is 1. The van der Waals surface area contributed by atoms with E-state index in [1.807, 2.05) is 10.9 Å². The second kappa shape index (κ2) is 6.87. The number of aromatic nitrogens is 2. The zero-order valence-corrected chi connectivity index (χ0v) is 17.1. The molecule has 1 amide bonds. The van der Waals surface area contributed by atoms with Gasteiger partial charge in [-0.1, -0.05) is 18.1 Å². The molecular formula is C23H28FN3O. The van der Waals surface area contributed by atoms with E-state index in [-0.39, 0.29) is 17.3 Å². The lowest BCUT2D eigenvalue weighted by atomic mass is 9.76. The van der Waals surface area contributed by atoms with Gasteiger partial charge in [-0.2, -0.15) is 5.10 Å². The molecule has 5 heteroatoms. The summed E-state index contributed by atoms with van der Waals surface area (Å²) in [5.74, 6) is 0.614. The van der Waals surface area contributed by atoms with Crippen LogP contribution in [0.4, 0.5) is 4.39 Å². The van der Waals surface area contributed by atoms with E-state index < -0.39 is 0 Å². The zero-order chi connectivity index (χ0) is 20.1. The van der Waals surface area contributed by atoms with Gasteiger partial charge in [-0.25, -0.2) is 9.07 Å². The van der Waals surface area contributed by atoms with E-state index in [0.717, 1.165) is 31.4 Å². The average Bonchev–Trinajstić information content (AvgIpc) is 3.19. The Labute approximate surface area is 165 Å². The molecule has 2 aromatic rings. The van der Waals surface area contributed by atoms with Crippen LogP contribution in [0.15, 0.2) is 41.6 Å². The molecule has 4 nitrogen and oxygen atoms in total. The Kier molecular flexibility index (Phi) is 4.64. The number of allylic oxidation sites excluding steroid dienone is 2. The molecule has 2 aliphatic carbocycles. The van der Waals surface area contributed by atoms with Crippen molar-refractivity contribution < 1.29 is 9.18 Å². The third kappa shape index (κ3) is 3.38. The van der Waals surface area contributed by atoms with E-state index in [9.17, 15) is 9.18 Å². The molecule has 4 rings (SSSR count). The first-order valence-corrected chi connectivity index (χ1v) is 10.1. The molecule has 1 heterocycles. The predicted octanol–water partition coefficient (Wildman–Crippen LogP) is 4.68. The number of amides is 1. The summed E-state index contributed by atoms with van der Waals surface area (Å²) >= 11 is 0. The van der Waals surface area contributed by atoms with E-state index in [2.05, 4.69) is 31.2 Å². The first-order valence-electron chi connectivity index (χ1n) is 10.1. The monoisotopic (exact) mass is 381 g/mol. The van der Waals surface area contributed by atoms with Crippen LogP contribution in [0, 0.1) is 11.7 Å². The van der Waals surface area contributed by atoms with Gasteiger partial charge in [0.25, 0.3) is 0 Å². The molecular weight excluding hydrogens is 353 g/mol. The Balaban J connectivity index is 1.62. The van der Waals surface area contributed by atoms with E-state index in [1.54, 1.807) is 24.6 Å². The minimum atomic E-state index is -0.233. The second-order valence-corrected chi connectivity index (χ2v) is 8.90. The molecule has 148 valence electrons. The molecule has 2 atom stereocenters. The van der Waals surface area contributed by atoms with Crippen LogP contribution >= 0.6 is 0 Å². The van der Waals surface area contributed by atoms with Gasteiger partial charge in [-0.3, -0.25) is 4.79 Å². The predicted molar refractivity (Wildman–Crippen MR) is 108 cm³/mol. The Hall–Kier alpha value is -2.43. The van der Waals surface area contributed by atoms with Gasteiger partial charge in [-0.05, 0) is 63.3 Å². The van der Waals surface area contributed by atoms with Gasteiger partial charge in [0.2, 0.25) is 5.91 Å². The minimum absolute atomic E-state index is 0.0248. The van der Waals surface area contributed by atoms with E-state index in [1.165, 1.54) is 29.0 Å². The summed E-state index contributed by atoms with van der Waals surface area (Å²) in [4.78, 5) is 11.5. The smallest absolute Gasteiger partial charge is 0.217 e. The Morgan fingerprint density at radius 1 is 1.32 bits per heavy atom. The highest BCUT2D eigenvalue weighted by atomic mass is 19.1. The van der Waals surface area contributed by atoms with Gasteiger partial charge in [0.05, 0.1) is 17.6 Å². The van der Waals surface area contributed by atoms with Gasteiger partial charge >= 0.3 is 0 Å². The number of nitrogens with zero attached hydrogens (tertiary/aromatic N) is 2. The molecule has 0 saturated heterocycles. The van der Waals surface area contributed by atoms with Crippen LogP contribution in [0.1, 0.15) is 64.1 Å². The first-order chi connectivity index (χ1) is 13.2. The summed E-state index contributed by atoms with van der Waals surface area (Å²) in [5, 5.41) is 7.72. The van der Waals surface area contributed by atoms with Crippen molar-refractivity contribution in [3.63, 3.8) is 0 Å². The summed E-state index contributed by atoms with van der Waals surface area (Å²) in [6.45, 7) is 8.07. The maximum Gasteiger partial charge on any atom is 0.217 e. The Morgan fingerprint density at radius 2 is 2.04 bits per heavy atom. The Bertz CT molecular complexity index is 939. The lowest BCUT2D eigenvalue weighted by Gasteiger charge is -2.33. The van der Waals surface area contributed by atoms with Crippen LogP contribution in [0.25, 0.3) is 5.69 Å². The van der Waals surface area contributed by atoms with Crippen LogP contribution in [-0.4, -0.2) is 21.2 Å². The molecule has 0 fully saturated rings. The highest BCUT2D eigenvalue weighted by molar-refractivity contribution is 5.73. The summed E-state index contributed by atoms with van der Waals surface area (Å²) in [6.07, 6.45) is 6.09.